The molecule has 188 valence electrons. The number of carbonyl (C=O) groups excluding carboxylic acids is 2. The van der Waals surface area contributed by atoms with Gasteiger partial charge in [0.05, 0.1) is 0 Å². The second-order valence-corrected chi connectivity index (χ2v) is 10.3. The summed E-state index contributed by atoms with van der Waals surface area (Å²) in [6.45, 7) is 8.83. The van der Waals surface area contributed by atoms with E-state index in [2.05, 4.69) is 52.5 Å². The van der Waals surface area contributed by atoms with Crippen LogP contribution in [-0.2, 0) is 11.3 Å². The molecule has 0 N–H and O–H groups in total. The van der Waals surface area contributed by atoms with Gasteiger partial charge in [-0.15, -0.1) is 0 Å². The van der Waals surface area contributed by atoms with Gasteiger partial charge in [0.25, 0.3) is 17.8 Å². The molecule has 2 aromatic rings. The molecule has 3 aliphatic rings. The quantitative estimate of drug-likeness (QED) is 0.584. The lowest BCUT2D eigenvalue weighted by atomic mass is 10.0. The number of hydrogen-bond acceptors (Lipinski definition) is 5. The van der Waals surface area contributed by atoms with Crippen LogP contribution in [0.2, 0.25) is 5.02 Å². The van der Waals surface area contributed by atoms with Crippen molar-refractivity contribution in [3.63, 3.8) is 0 Å². The highest BCUT2D eigenvalue weighted by Crippen LogP contribution is 2.24. The third-order valence-corrected chi connectivity index (χ3v) is 7.60. The molecule has 2 fully saturated rings. The molecule has 0 bridgehead atoms. The highest BCUT2D eigenvalue weighted by atomic mass is 35.5. The molecule has 0 radical (unpaired) electrons. The van der Waals surface area contributed by atoms with Gasteiger partial charge in [-0.25, -0.2) is 9.37 Å². The number of carbonyl (C=O) groups is 2. The standard InChI is InChI=1S/C27H32ClN6O2/c1-18-8-9-19(2)20(14-18)16-34-23(29-25-24(34)26(35)31(4)27(36)30(25)3)17-32-10-12-33(13-11-32)22-7-5-6-21(28)15-22/h5-9,14-15,24H,10-13,16-17H2,1-4H3/q+1. The van der Waals surface area contributed by atoms with Crippen LogP contribution in [0.15, 0.2) is 47.5 Å². The van der Waals surface area contributed by atoms with E-state index in [9.17, 15) is 9.59 Å². The summed E-state index contributed by atoms with van der Waals surface area (Å²) < 4.78 is 2.09. The molecule has 3 heterocycles. The second kappa shape index (κ2) is 9.67. The maximum Gasteiger partial charge on any atom is 0.333 e. The van der Waals surface area contributed by atoms with Crippen molar-refractivity contribution < 1.29 is 14.2 Å². The zero-order valence-electron chi connectivity index (χ0n) is 21.2. The fraction of sp³-hybridized carbons (Fsp3) is 0.407. The summed E-state index contributed by atoms with van der Waals surface area (Å²) in [5.41, 5.74) is 4.63. The minimum absolute atomic E-state index is 0.233. The van der Waals surface area contributed by atoms with E-state index in [1.807, 2.05) is 18.2 Å². The smallest absolute Gasteiger partial charge is 0.333 e. The number of likely N-dealkylation sites (N-methyl/N-ethyl adjacent to an activating group) is 2. The summed E-state index contributed by atoms with van der Waals surface area (Å²) >= 11 is 6.19. The molecule has 0 aromatic heterocycles. The number of hydrogen-bond donors (Lipinski definition) is 0. The van der Waals surface area contributed by atoms with Crippen LogP contribution in [-0.4, -0.2) is 95.7 Å². The summed E-state index contributed by atoms with van der Waals surface area (Å²) in [7, 11) is 3.24. The second-order valence-electron chi connectivity index (χ2n) is 9.83. The van der Waals surface area contributed by atoms with Crippen LogP contribution < -0.4 is 4.90 Å². The zero-order valence-corrected chi connectivity index (χ0v) is 22.0. The first kappa shape index (κ1) is 24.5. The monoisotopic (exact) mass is 507 g/mol. The van der Waals surface area contributed by atoms with Crippen molar-refractivity contribution in [2.24, 2.45) is 4.99 Å². The molecule has 36 heavy (non-hydrogen) atoms. The molecule has 2 saturated heterocycles. The largest absolute Gasteiger partial charge is 0.369 e. The lowest BCUT2D eigenvalue weighted by molar-refractivity contribution is -0.552. The van der Waals surface area contributed by atoms with Crippen molar-refractivity contribution in [1.82, 2.24) is 14.7 Å². The average molecular weight is 508 g/mol. The van der Waals surface area contributed by atoms with Gasteiger partial charge in [0.15, 0.2) is 0 Å². The van der Waals surface area contributed by atoms with Crippen LogP contribution in [0, 0.1) is 13.8 Å². The average Bonchev–Trinajstić information content (AvgIpc) is 3.22. The number of amides is 3. The highest BCUT2D eigenvalue weighted by molar-refractivity contribution is 6.30. The number of nitrogens with zero attached hydrogens (tertiary/aromatic N) is 6. The Morgan fingerprint density at radius 2 is 1.75 bits per heavy atom. The van der Waals surface area contributed by atoms with Crippen molar-refractivity contribution in [2.45, 2.75) is 26.4 Å². The molecule has 5 rings (SSSR count). The number of halogens is 1. The first-order chi connectivity index (χ1) is 17.2. The van der Waals surface area contributed by atoms with E-state index >= 15 is 0 Å². The van der Waals surface area contributed by atoms with Gasteiger partial charge in [0.2, 0.25) is 0 Å². The van der Waals surface area contributed by atoms with Gasteiger partial charge in [-0.3, -0.25) is 19.5 Å². The Hall–Kier alpha value is -3.23. The Bertz CT molecular complexity index is 1280. The molecule has 8 nitrogen and oxygen atoms in total. The topological polar surface area (TPSA) is 62.5 Å². The molecule has 3 aliphatic heterocycles. The van der Waals surface area contributed by atoms with E-state index in [0.29, 0.717) is 18.9 Å². The number of aryl methyl sites for hydroxylation is 2. The van der Waals surface area contributed by atoms with Crippen molar-refractivity contribution in [3.8, 4) is 0 Å². The molecular weight excluding hydrogens is 476 g/mol. The van der Waals surface area contributed by atoms with Crippen molar-refractivity contribution in [3.05, 3.63) is 64.2 Å². The third kappa shape index (κ3) is 4.51. The predicted octanol–water partition coefficient (Wildman–Crippen LogP) is 2.99. The molecule has 0 spiro atoms. The molecule has 0 aliphatic carbocycles. The number of benzene rings is 2. The summed E-state index contributed by atoms with van der Waals surface area (Å²) in [6.07, 6.45) is 0. The van der Waals surface area contributed by atoms with Crippen molar-refractivity contribution in [2.75, 3.05) is 51.7 Å². The number of urea groups is 1. The number of rotatable bonds is 5. The van der Waals surface area contributed by atoms with Crippen molar-refractivity contribution in [1.29, 1.82) is 0 Å². The maximum atomic E-state index is 13.3. The number of piperazine rings is 1. The SMILES string of the molecule is Cc1ccc(C)c(C[N+]2=C(CN3CCN(c4cccc(Cl)c4)CC3)N=C3C2C(=O)N(C)C(=O)N3C)c1. The zero-order chi connectivity index (χ0) is 25.6. The molecular formula is C27H32ClN6O2+. The molecule has 9 heteroatoms. The summed E-state index contributed by atoms with van der Waals surface area (Å²) in [5.74, 6) is 1.11. The summed E-state index contributed by atoms with van der Waals surface area (Å²) in [5, 5.41) is 0.741. The summed E-state index contributed by atoms with van der Waals surface area (Å²) in [6, 6.07) is 13.4. The summed E-state index contributed by atoms with van der Waals surface area (Å²) in [4.78, 5) is 38.2. The van der Waals surface area contributed by atoms with Crippen LogP contribution in [0.4, 0.5) is 10.5 Å². The normalized spacial score (nSPS) is 20.9. The maximum absolute atomic E-state index is 13.3. The molecule has 1 unspecified atom stereocenters. The Balaban J connectivity index is 1.41. The fourth-order valence-corrected chi connectivity index (χ4v) is 5.33. The van der Waals surface area contributed by atoms with Crippen LogP contribution >= 0.6 is 11.6 Å². The van der Waals surface area contributed by atoms with E-state index in [4.69, 9.17) is 16.6 Å². The van der Waals surface area contributed by atoms with E-state index in [1.165, 1.54) is 20.9 Å². The third-order valence-electron chi connectivity index (χ3n) is 7.37. The van der Waals surface area contributed by atoms with E-state index in [1.54, 1.807) is 14.1 Å². The first-order valence-electron chi connectivity index (χ1n) is 12.3. The van der Waals surface area contributed by atoms with Crippen LogP contribution in [0.25, 0.3) is 0 Å². The Morgan fingerprint density at radius 1 is 1.00 bits per heavy atom. The van der Waals surface area contributed by atoms with E-state index in [0.717, 1.165) is 48.3 Å². The lowest BCUT2D eigenvalue weighted by Gasteiger charge is -2.35. The Labute approximate surface area is 217 Å². The number of amidine groups is 2. The Morgan fingerprint density at radius 3 is 2.47 bits per heavy atom. The minimum atomic E-state index is -0.597. The lowest BCUT2D eigenvalue weighted by Crippen LogP contribution is -2.61. The number of aliphatic imine (C=N–C) groups is 1. The van der Waals surface area contributed by atoms with Gasteiger partial charge in [0.1, 0.15) is 13.1 Å². The molecule has 0 saturated carbocycles. The van der Waals surface area contributed by atoms with Crippen LogP contribution in [0.3, 0.4) is 0 Å². The molecule has 3 amide bonds. The van der Waals surface area contributed by atoms with Crippen LogP contribution in [0.1, 0.15) is 16.7 Å². The van der Waals surface area contributed by atoms with Gasteiger partial charge >= 0.3 is 11.9 Å². The highest BCUT2D eigenvalue weighted by Gasteiger charge is 2.53. The number of anilines is 1. The number of imide groups is 1. The predicted molar refractivity (Wildman–Crippen MR) is 142 cm³/mol. The molecule has 2 aromatic carbocycles. The molecule has 1 atom stereocenters. The minimum Gasteiger partial charge on any atom is -0.369 e. The van der Waals surface area contributed by atoms with Crippen molar-refractivity contribution >= 4 is 40.9 Å². The Kier molecular flexibility index (Phi) is 6.57. The number of fused-ring (bicyclic) bond motifs is 1. The van der Waals surface area contributed by atoms with Gasteiger partial charge in [0, 0.05) is 51.0 Å². The van der Waals surface area contributed by atoms with E-state index in [-0.39, 0.29) is 11.9 Å². The fourth-order valence-electron chi connectivity index (χ4n) is 5.15. The van der Waals surface area contributed by atoms with E-state index < -0.39 is 6.04 Å². The van der Waals surface area contributed by atoms with Gasteiger partial charge in [-0.1, -0.05) is 41.4 Å². The van der Waals surface area contributed by atoms with Gasteiger partial charge < -0.3 is 4.90 Å². The van der Waals surface area contributed by atoms with Gasteiger partial charge in [-0.2, -0.15) is 0 Å². The van der Waals surface area contributed by atoms with Crippen LogP contribution in [0.5, 0.6) is 0 Å². The van der Waals surface area contributed by atoms with Gasteiger partial charge in [-0.05, 0) is 48.2 Å². The first-order valence-corrected chi connectivity index (χ1v) is 12.7.